The predicted octanol–water partition coefficient (Wildman–Crippen LogP) is 5.81. The number of H-pyrrole nitrogens is 1. The molecule has 5 rings (SSSR count). The van der Waals surface area contributed by atoms with Crippen LogP contribution < -0.4 is 5.32 Å². The van der Waals surface area contributed by atoms with Crippen molar-refractivity contribution >= 4 is 10.9 Å². The number of hydrogen-bond donors (Lipinski definition) is 2. The van der Waals surface area contributed by atoms with Gasteiger partial charge in [-0.25, -0.2) is 8.78 Å². The fraction of sp³-hybridized carbons (Fsp3) is 0.577. The summed E-state index contributed by atoms with van der Waals surface area (Å²) < 4.78 is 26.5. The second kappa shape index (κ2) is 7.98. The number of aromatic nitrogens is 2. The maximum absolute atomic E-state index is 13.3. The molecule has 172 valence electrons. The highest BCUT2D eigenvalue weighted by molar-refractivity contribution is 5.84. The second-order valence-electron chi connectivity index (χ2n) is 10.4. The Labute approximate surface area is 189 Å². The minimum absolute atomic E-state index is 0.0624. The number of hydrogen-bond acceptors (Lipinski definition) is 3. The molecule has 1 aliphatic carbocycles. The van der Waals surface area contributed by atoms with Crippen LogP contribution in [-0.2, 0) is 0 Å². The average molecular weight is 441 g/mol. The summed E-state index contributed by atoms with van der Waals surface area (Å²) in [6, 6.07) is 4.92. The minimum Gasteiger partial charge on any atom is -0.384 e. The van der Waals surface area contributed by atoms with Gasteiger partial charge in [0.05, 0.1) is 18.6 Å². The van der Waals surface area contributed by atoms with Crippen molar-refractivity contribution in [3.8, 4) is 0 Å². The van der Waals surface area contributed by atoms with Crippen molar-refractivity contribution in [3.05, 3.63) is 52.9 Å². The molecule has 1 aromatic carbocycles. The lowest BCUT2D eigenvalue weighted by Gasteiger charge is -2.46. The summed E-state index contributed by atoms with van der Waals surface area (Å²) in [7, 11) is 0. The third-order valence-electron chi connectivity index (χ3n) is 7.76. The number of nitrogens with one attached hydrogen (secondary N) is 2. The fourth-order valence-electron chi connectivity index (χ4n) is 5.81. The van der Waals surface area contributed by atoms with E-state index in [0.717, 1.165) is 43.4 Å². The fourth-order valence-corrected chi connectivity index (χ4v) is 5.81. The van der Waals surface area contributed by atoms with Crippen molar-refractivity contribution in [2.24, 2.45) is 0 Å². The minimum atomic E-state index is -2.48. The molecule has 0 radical (unpaired) electrons. The number of rotatable bonds is 4. The van der Waals surface area contributed by atoms with Gasteiger partial charge < -0.3 is 5.32 Å². The van der Waals surface area contributed by atoms with Gasteiger partial charge in [0.2, 0.25) is 0 Å². The van der Waals surface area contributed by atoms with Gasteiger partial charge in [0, 0.05) is 41.2 Å². The molecule has 2 aliphatic heterocycles. The van der Waals surface area contributed by atoms with Gasteiger partial charge in [-0.3, -0.25) is 10.00 Å². The molecule has 6 heteroatoms. The van der Waals surface area contributed by atoms with E-state index in [2.05, 4.69) is 56.0 Å². The highest BCUT2D eigenvalue weighted by Gasteiger charge is 2.47. The molecule has 1 saturated heterocycles. The van der Waals surface area contributed by atoms with Crippen LogP contribution in [-0.4, -0.2) is 46.7 Å². The molecule has 1 saturated carbocycles. The van der Waals surface area contributed by atoms with Crippen molar-refractivity contribution in [2.75, 3.05) is 19.6 Å². The molecular formula is C26H34F2N4. The van der Waals surface area contributed by atoms with Crippen LogP contribution in [0.1, 0.15) is 81.0 Å². The zero-order chi connectivity index (χ0) is 22.6. The van der Waals surface area contributed by atoms with Crippen LogP contribution in [0.5, 0.6) is 0 Å². The van der Waals surface area contributed by atoms with Gasteiger partial charge in [-0.05, 0) is 67.4 Å². The number of nitrogens with zero attached hydrogens (tertiary/aromatic N) is 2. The van der Waals surface area contributed by atoms with Gasteiger partial charge in [0.15, 0.2) is 0 Å². The van der Waals surface area contributed by atoms with Crippen molar-refractivity contribution in [1.29, 1.82) is 0 Å². The number of halogens is 2. The summed E-state index contributed by atoms with van der Waals surface area (Å²) >= 11 is 0. The van der Waals surface area contributed by atoms with E-state index in [4.69, 9.17) is 5.10 Å². The van der Waals surface area contributed by atoms with E-state index >= 15 is 0 Å². The largest absolute Gasteiger partial charge is 0.384 e. The summed E-state index contributed by atoms with van der Waals surface area (Å²) in [6.07, 6.45) is 6.34. The Kier molecular flexibility index (Phi) is 5.39. The van der Waals surface area contributed by atoms with Gasteiger partial charge in [-0.15, -0.1) is 0 Å². The average Bonchev–Trinajstić information content (AvgIpc) is 3.16. The van der Waals surface area contributed by atoms with E-state index in [9.17, 15) is 8.78 Å². The molecule has 4 nitrogen and oxygen atoms in total. The molecule has 2 fully saturated rings. The molecule has 0 amide bonds. The van der Waals surface area contributed by atoms with E-state index in [1.807, 2.05) is 4.90 Å². The van der Waals surface area contributed by atoms with E-state index < -0.39 is 5.92 Å². The number of alkyl halides is 2. The van der Waals surface area contributed by atoms with Crippen LogP contribution in [0.2, 0.25) is 0 Å². The maximum Gasteiger partial charge on any atom is 0.272 e. The lowest BCUT2D eigenvalue weighted by molar-refractivity contribution is -0.150. The molecule has 3 heterocycles. The second-order valence-corrected chi connectivity index (χ2v) is 10.4. The molecule has 32 heavy (non-hydrogen) atoms. The molecule has 3 aliphatic rings. The zero-order valence-electron chi connectivity index (χ0n) is 19.3. The maximum atomic E-state index is 13.3. The first-order valence-electron chi connectivity index (χ1n) is 12.0. The monoisotopic (exact) mass is 440 g/mol. The van der Waals surface area contributed by atoms with Crippen LogP contribution in [0.3, 0.4) is 0 Å². The molecule has 0 bridgehead atoms. The normalized spacial score (nSPS) is 28.5. The summed E-state index contributed by atoms with van der Waals surface area (Å²) in [6.45, 7) is 11.4. The molecule has 1 unspecified atom stereocenters. The predicted molar refractivity (Wildman–Crippen MR) is 125 cm³/mol. The Bertz CT molecular complexity index is 1050. The lowest BCUT2D eigenvalue weighted by atomic mass is 9.80. The zero-order valence-corrected chi connectivity index (χ0v) is 19.3. The number of aromatic amines is 1. The SMILES string of the molecule is C=C1NCC(c2cc3n[nH]c(C4CCC(N5CC(F)(F)C5)CC4)c3cc2C(C)C)C=C1C. The standard InChI is InChI=1S/C26H34F2N4/c1-15(2)21-10-23-24(11-22(21)19-9-16(3)17(4)29-12-19)30-31-25(23)18-5-7-20(8-6-18)32-13-26(27,28)14-32/h9-11,15,18-20,29H,4-8,12-14H2,1-3H3,(H,30,31). The van der Waals surface area contributed by atoms with Gasteiger partial charge in [-0.1, -0.05) is 26.5 Å². The van der Waals surface area contributed by atoms with E-state index in [1.54, 1.807) is 0 Å². The summed E-state index contributed by atoms with van der Waals surface area (Å²) in [5.74, 6) is -1.33. The van der Waals surface area contributed by atoms with Gasteiger partial charge >= 0.3 is 0 Å². The number of allylic oxidation sites excluding steroid dienone is 1. The molecular weight excluding hydrogens is 406 g/mol. The molecule has 2 N–H and O–H groups in total. The van der Waals surface area contributed by atoms with Crippen molar-refractivity contribution in [3.63, 3.8) is 0 Å². The van der Waals surface area contributed by atoms with Crippen LogP contribution in [0.4, 0.5) is 8.78 Å². The molecule has 0 spiro atoms. The third kappa shape index (κ3) is 3.87. The molecule has 2 aromatic rings. The summed E-state index contributed by atoms with van der Waals surface area (Å²) in [5, 5.41) is 12.7. The number of likely N-dealkylation sites (tertiary alicyclic amines) is 1. The van der Waals surface area contributed by atoms with Gasteiger partial charge in [-0.2, -0.15) is 5.10 Å². The Hall–Kier alpha value is -2.21. The highest BCUT2D eigenvalue weighted by Crippen LogP contribution is 2.41. The quantitative estimate of drug-likeness (QED) is 0.631. The van der Waals surface area contributed by atoms with Crippen LogP contribution in [0.15, 0.2) is 36.1 Å². The smallest absolute Gasteiger partial charge is 0.272 e. The van der Waals surface area contributed by atoms with Gasteiger partial charge in [0.25, 0.3) is 5.92 Å². The van der Waals surface area contributed by atoms with Crippen LogP contribution in [0, 0.1) is 0 Å². The Balaban J connectivity index is 1.39. The summed E-state index contributed by atoms with van der Waals surface area (Å²) in [4.78, 5) is 1.97. The van der Waals surface area contributed by atoms with E-state index in [1.165, 1.54) is 27.8 Å². The first kappa shape index (κ1) is 21.6. The number of benzene rings is 1. The van der Waals surface area contributed by atoms with Crippen LogP contribution >= 0.6 is 0 Å². The van der Waals surface area contributed by atoms with Gasteiger partial charge in [0.1, 0.15) is 0 Å². The van der Waals surface area contributed by atoms with Crippen molar-refractivity contribution in [2.45, 2.75) is 76.2 Å². The Morgan fingerprint density at radius 3 is 2.50 bits per heavy atom. The highest BCUT2D eigenvalue weighted by atomic mass is 19.3. The lowest BCUT2D eigenvalue weighted by Crippen LogP contribution is -2.60. The molecule has 1 atom stereocenters. The topological polar surface area (TPSA) is 44.0 Å². The van der Waals surface area contributed by atoms with Crippen molar-refractivity contribution < 1.29 is 8.78 Å². The van der Waals surface area contributed by atoms with Crippen molar-refractivity contribution in [1.82, 2.24) is 20.4 Å². The Morgan fingerprint density at radius 2 is 1.88 bits per heavy atom. The molecule has 1 aromatic heterocycles. The van der Waals surface area contributed by atoms with E-state index in [0.29, 0.717) is 23.8 Å². The van der Waals surface area contributed by atoms with Crippen LogP contribution in [0.25, 0.3) is 10.9 Å². The first-order chi connectivity index (χ1) is 15.2. The number of fused-ring (bicyclic) bond motifs is 1. The van der Waals surface area contributed by atoms with E-state index in [-0.39, 0.29) is 13.1 Å². The summed E-state index contributed by atoms with van der Waals surface area (Å²) in [5.41, 5.74) is 7.18. The first-order valence-corrected chi connectivity index (χ1v) is 12.0. The third-order valence-corrected chi connectivity index (χ3v) is 7.76. The Morgan fingerprint density at radius 1 is 1.16 bits per heavy atom.